The number of hydrogen-bond acceptors (Lipinski definition) is 3. The molecule has 2 aliphatic rings. The highest BCUT2D eigenvalue weighted by Gasteiger charge is 2.43. The van der Waals surface area contributed by atoms with E-state index >= 15 is 0 Å². The van der Waals surface area contributed by atoms with Gasteiger partial charge in [0.25, 0.3) is 5.91 Å². The smallest absolute Gasteiger partial charge is 0.259 e. The lowest BCUT2D eigenvalue weighted by Crippen LogP contribution is -2.39. The summed E-state index contributed by atoms with van der Waals surface area (Å²) < 4.78 is 13.8. The van der Waals surface area contributed by atoms with Gasteiger partial charge < -0.3 is 5.32 Å². The molecule has 1 amide bonds. The van der Waals surface area contributed by atoms with E-state index in [2.05, 4.69) is 19.2 Å². The Hall–Kier alpha value is -3.73. The fraction of sp³-hybridized carbons (Fsp3) is 0.214. The average molecular weight is 441 g/mol. The number of carbonyl (C=O) groups excluding carboxylic acids is 2. The minimum Gasteiger partial charge on any atom is -0.357 e. The Labute approximate surface area is 192 Å². The summed E-state index contributed by atoms with van der Waals surface area (Å²) in [5.74, 6) is -0.579. The van der Waals surface area contributed by atoms with Gasteiger partial charge in [-0.2, -0.15) is 0 Å². The molecular weight excluding hydrogens is 415 g/mol. The second kappa shape index (κ2) is 8.00. The number of nitrogens with one attached hydrogen (secondary N) is 1. The van der Waals surface area contributed by atoms with E-state index in [1.165, 1.54) is 12.1 Å². The van der Waals surface area contributed by atoms with Crippen molar-refractivity contribution >= 4 is 23.1 Å². The Morgan fingerprint density at radius 3 is 2.33 bits per heavy atom. The minimum absolute atomic E-state index is 0.00161. The van der Waals surface area contributed by atoms with Crippen LogP contribution < -0.4 is 10.2 Å². The number of ketones is 1. The van der Waals surface area contributed by atoms with Gasteiger partial charge in [-0.1, -0.05) is 56.3 Å². The molecule has 3 aromatic rings. The van der Waals surface area contributed by atoms with Crippen molar-refractivity contribution < 1.29 is 14.0 Å². The summed E-state index contributed by atoms with van der Waals surface area (Å²) in [6.45, 7) is 4.15. The summed E-state index contributed by atoms with van der Waals surface area (Å²) in [6, 6.07) is 22.0. The molecule has 0 aromatic heterocycles. The van der Waals surface area contributed by atoms with Gasteiger partial charge in [-0.3, -0.25) is 14.5 Å². The molecule has 166 valence electrons. The van der Waals surface area contributed by atoms with Crippen LogP contribution in [0.3, 0.4) is 0 Å². The highest BCUT2D eigenvalue weighted by atomic mass is 19.1. The molecule has 5 heteroatoms. The van der Waals surface area contributed by atoms with E-state index in [1.54, 1.807) is 29.2 Å². The van der Waals surface area contributed by atoms with Crippen LogP contribution in [0.15, 0.2) is 90.1 Å². The molecule has 1 aliphatic carbocycles. The normalized spacial score (nSPS) is 19.3. The number of anilines is 2. The monoisotopic (exact) mass is 440 g/mol. The molecule has 0 radical (unpaired) electrons. The van der Waals surface area contributed by atoms with Gasteiger partial charge in [0.1, 0.15) is 5.82 Å². The Morgan fingerprint density at radius 1 is 0.939 bits per heavy atom. The predicted octanol–water partition coefficient (Wildman–Crippen LogP) is 6.28. The van der Waals surface area contributed by atoms with Crippen molar-refractivity contribution in [3.8, 4) is 0 Å². The lowest BCUT2D eigenvalue weighted by atomic mass is 9.73. The molecule has 1 N–H and O–H groups in total. The van der Waals surface area contributed by atoms with E-state index in [9.17, 15) is 14.0 Å². The van der Waals surface area contributed by atoms with Gasteiger partial charge in [0.05, 0.1) is 17.4 Å². The van der Waals surface area contributed by atoms with Crippen LogP contribution in [0.1, 0.15) is 48.7 Å². The summed E-state index contributed by atoms with van der Waals surface area (Å²) in [7, 11) is 0. The summed E-state index contributed by atoms with van der Waals surface area (Å²) >= 11 is 0. The maximum Gasteiger partial charge on any atom is 0.259 e. The minimum atomic E-state index is -0.673. The van der Waals surface area contributed by atoms with Gasteiger partial charge in [0, 0.05) is 23.3 Å². The van der Waals surface area contributed by atoms with Crippen molar-refractivity contribution in [3.63, 3.8) is 0 Å². The first-order valence-corrected chi connectivity index (χ1v) is 11.1. The molecule has 0 spiro atoms. The molecule has 0 unspecified atom stereocenters. The van der Waals surface area contributed by atoms with Crippen molar-refractivity contribution in [2.75, 3.05) is 10.2 Å². The fourth-order valence-electron chi connectivity index (χ4n) is 4.89. The summed E-state index contributed by atoms with van der Waals surface area (Å²) in [4.78, 5) is 29.2. The molecule has 0 fully saturated rings. The van der Waals surface area contributed by atoms with Gasteiger partial charge >= 0.3 is 0 Å². The standard InChI is InChI=1S/C28H25FN2O2/c1-28(2)16-22-25(24(32)17-28)26(18-12-14-20(29)15-13-18)31(23-11-7-6-10-21(23)30-22)27(33)19-8-4-3-5-9-19/h3-15,26,30H,16-17H2,1-2H3/t26-/m0/s1. The number of carbonyl (C=O) groups is 2. The molecule has 4 nitrogen and oxygen atoms in total. The van der Waals surface area contributed by atoms with Crippen LogP contribution in [-0.4, -0.2) is 11.7 Å². The van der Waals surface area contributed by atoms with Crippen molar-refractivity contribution in [1.82, 2.24) is 0 Å². The highest BCUT2D eigenvalue weighted by molar-refractivity contribution is 6.12. The van der Waals surface area contributed by atoms with Gasteiger partial charge in [-0.05, 0) is 53.8 Å². The predicted molar refractivity (Wildman–Crippen MR) is 128 cm³/mol. The number of para-hydroxylation sites is 2. The molecular formula is C28H25FN2O2. The third kappa shape index (κ3) is 3.84. The lowest BCUT2D eigenvalue weighted by Gasteiger charge is -2.37. The first-order chi connectivity index (χ1) is 15.8. The molecule has 5 rings (SSSR count). The number of rotatable bonds is 2. The number of benzene rings is 3. The molecule has 0 bridgehead atoms. The van der Waals surface area contributed by atoms with Crippen molar-refractivity contribution in [2.24, 2.45) is 5.41 Å². The first-order valence-electron chi connectivity index (χ1n) is 11.1. The number of fused-ring (bicyclic) bond motifs is 1. The highest BCUT2D eigenvalue weighted by Crippen LogP contribution is 2.48. The van der Waals surface area contributed by atoms with Crippen molar-refractivity contribution in [3.05, 3.63) is 107 Å². The Balaban J connectivity index is 1.79. The van der Waals surface area contributed by atoms with Crippen LogP contribution in [0.25, 0.3) is 0 Å². The van der Waals surface area contributed by atoms with Crippen LogP contribution in [0.4, 0.5) is 15.8 Å². The zero-order valence-electron chi connectivity index (χ0n) is 18.6. The molecule has 0 saturated carbocycles. The van der Waals surface area contributed by atoms with E-state index < -0.39 is 6.04 Å². The van der Waals surface area contributed by atoms with E-state index in [-0.39, 0.29) is 22.9 Å². The Morgan fingerprint density at radius 2 is 1.61 bits per heavy atom. The van der Waals surface area contributed by atoms with Gasteiger partial charge in [0.2, 0.25) is 0 Å². The fourth-order valence-corrected chi connectivity index (χ4v) is 4.89. The number of nitrogens with zero attached hydrogens (tertiary/aromatic N) is 1. The molecule has 1 heterocycles. The third-order valence-electron chi connectivity index (χ3n) is 6.33. The summed E-state index contributed by atoms with van der Waals surface area (Å²) in [5.41, 5.74) is 3.85. The maximum absolute atomic E-state index is 14.0. The van der Waals surface area contributed by atoms with Crippen LogP contribution in [0.5, 0.6) is 0 Å². The van der Waals surface area contributed by atoms with Crippen molar-refractivity contribution in [2.45, 2.75) is 32.7 Å². The molecule has 0 saturated heterocycles. The van der Waals surface area contributed by atoms with E-state index in [0.29, 0.717) is 35.2 Å². The molecule has 33 heavy (non-hydrogen) atoms. The topological polar surface area (TPSA) is 49.4 Å². The number of Topliss-reactive ketones (excluding diaryl/α,β-unsaturated/α-hetero) is 1. The SMILES string of the molecule is CC1(C)CC(=O)C2=C(C1)Nc1ccccc1N(C(=O)c1ccccc1)[C@H]2c1ccc(F)cc1. The van der Waals surface area contributed by atoms with Gasteiger partial charge in [-0.15, -0.1) is 0 Å². The van der Waals surface area contributed by atoms with E-state index in [0.717, 1.165) is 11.4 Å². The zero-order chi connectivity index (χ0) is 23.2. The molecule has 1 atom stereocenters. The third-order valence-corrected chi connectivity index (χ3v) is 6.33. The summed E-state index contributed by atoms with van der Waals surface area (Å²) in [5, 5.41) is 3.49. The Bertz CT molecular complexity index is 1260. The number of halogens is 1. The quantitative estimate of drug-likeness (QED) is 0.510. The number of amides is 1. The van der Waals surface area contributed by atoms with Crippen LogP contribution >= 0.6 is 0 Å². The number of allylic oxidation sites excluding steroid dienone is 1. The summed E-state index contributed by atoms with van der Waals surface area (Å²) in [6.07, 6.45) is 1.06. The van der Waals surface area contributed by atoms with Gasteiger partial charge in [0.15, 0.2) is 5.78 Å². The van der Waals surface area contributed by atoms with Crippen molar-refractivity contribution in [1.29, 1.82) is 0 Å². The molecule has 1 aliphatic heterocycles. The number of hydrogen-bond donors (Lipinski definition) is 1. The van der Waals surface area contributed by atoms with Crippen LogP contribution in [-0.2, 0) is 4.79 Å². The zero-order valence-corrected chi connectivity index (χ0v) is 18.6. The largest absolute Gasteiger partial charge is 0.357 e. The van der Waals surface area contributed by atoms with Crippen LogP contribution in [0.2, 0.25) is 0 Å². The van der Waals surface area contributed by atoms with E-state index in [1.807, 2.05) is 42.5 Å². The second-order valence-corrected chi connectivity index (χ2v) is 9.47. The maximum atomic E-state index is 14.0. The van der Waals surface area contributed by atoms with Gasteiger partial charge in [-0.25, -0.2) is 4.39 Å². The Kier molecular flexibility index (Phi) is 5.12. The second-order valence-electron chi connectivity index (χ2n) is 9.47. The van der Waals surface area contributed by atoms with Crippen LogP contribution in [0, 0.1) is 11.2 Å². The first kappa shape index (κ1) is 21.1. The van der Waals surface area contributed by atoms with E-state index in [4.69, 9.17) is 0 Å². The lowest BCUT2D eigenvalue weighted by molar-refractivity contribution is -0.118. The average Bonchev–Trinajstić information content (AvgIpc) is 2.93. The molecule has 3 aromatic carbocycles.